The zero-order chi connectivity index (χ0) is 12.5. The van der Waals surface area contributed by atoms with Gasteiger partial charge in [0.2, 0.25) is 5.91 Å². The first kappa shape index (κ1) is 13.7. The number of nitrogens with one attached hydrogen (secondary N) is 2. The van der Waals surface area contributed by atoms with Crippen LogP contribution in [0.2, 0.25) is 0 Å². The van der Waals surface area contributed by atoms with Crippen LogP contribution < -0.4 is 5.32 Å². The van der Waals surface area contributed by atoms with E-state index in [4.69, 9.17) is 0 Å². The van der Waals surface area contributed by atoms with Crippen molar-refractivity contribution in [2.45, 2.75) is 58.4 Å². The summed E-state index contributed by atoms with van der Waals surface area (Å²) in [5.41, 5.74) is 0. The number of rotatable bonds is 8. The lowest BCUT2D eigenvalue weighted by atomic mass is 10.1. The molecule has 0 fully saturated rings. The summed E-state index contributed by atoms with van der Waals surface area (Å²) in [6.07, 6.45) is 9.96. The van der Waals surface area contributed by atoms with Crippen LogP contribution in [-0.2, 0) is 4.79 Å². The Kier molecular flexibility index (Phi) is 6.37. The number of nitrogens with zero attached hydrogens (tertiary/aromatic N) is 1. The minimum Gasteiger partial charge on any atom is -0.347 e. The number of aromatic amines is 1. The van der Waals surface area contributed by atoms with Crippen molar-refractivity contribution in [3.63, 3.8) is 0 Å². The van der Waals surface area contributed by atoms with Crippen molar-refractivity contribution in [2.75, 3.05) is 0 Å². The van der Waals surface area contributed by atoms with Gasteiger partial charge in [0.05, 0.1) is 6.04 Å². The number of amides is 1. The number of H-pyrrole nitrogens is 1. The highest BCUT2D eigenvalue weighted by Crippen LogP contribution is 2.08. The van der Waals surface area contributed by atoms with Gasteiger partial charge in [0, 0.05) is 18.8 Å². The summed E-state index contributed by atoms with van der Waals surface area (Å²) < 4.78 is 0. The molecule has 1 amide bonds. The summed E-state index contributed by atoms with van der Waals surface area (Å²) in [6.45, 7) is 4.13. The van der Waals surface area contributed by atoms with Crippen LogP contribution in [0.25, 0.3) is 0 Å². The molecule has 0 aromatic carbocycles. The van der Waals surface area contributed by atoms with Gasteiger partial charge in [0.15, 0.2) is 0 Å². The highest BCUT2D eigenvalue weighted by molar-refractivity contribution is 5.76. The average Bonchev–Trinajstić information content (AvgIpc) is 2.82. The Hall–Kier alpha value is -1.32. The van der Waals surface area contributed by atoms with Gasteiger partial charge in [-0.1, -0.05) is 32.6 Å². The Bertz CT molecular complexity index is 308. The van der Waals surface area contributed by atoms with E-state index in [2.05, 4.69) is 22.2 Å². The van der Waals surface area contributed by atoms with E-state index in [1.165, 1.54) is 19.3 Å². The van der Waals surface area contributed by atoms with E-state index in [0.717, 1.165) is 18.7 Å². The number of carbonyl (C=O) groups excluding carboxylic acids is 1. The van der Waals surface area contributed by atoms with Crippen LogP contribution in [0.4, 0.5) is 0 Å². The Morgan fingerprint density at radius 3 is 2.82 bits per heavy atom. The van der Waals surface area contributed by atoms with Gasteiger partial charge in [-0.15, -0.1) is 0 Å². The average molecular weight is 237 g/mol. The Balaban J connectivity index is 2.12. The molecule has 0 saturated carbocycles. The SMILES string of the molecule is CCCCCCCC(=O)NC(C)c1ncc[nH]1. The summed E-state index contributed by atoms with van der Waals surface area (Å²) in [7, 11) is 0. The summed E-state index contributed by atoms with van der Waals surface area (Å²) in [6, 6.07) is -0.0341. The number of carbonyl (C=O) groups is 1. The van der Waals surface area contributed by atoms with E-state index in [1.54, 1.807) is 12.4 Å². The highest BCUT2D eigenvalue weighted by atomic mass is 16.1. The maximum absolute atomic E-state index is 11.6. The van der Waals surface area contributed by atoms with Gasteiger partial charge in [-0.3, -0.25) is 4.79 Å². The molecule has 0 aliphatic heterocycles. The maximum atomic E-state index is 11.6. The van der Waals surface area contributed by atoms with Crippen molar-refractivity contribution < 1.29 is 4.79 Å². The van der Waals surface area contributed by atoms with Crippen molar-refractivity contribution in [2.24, 2.45) is 0 Å². The van der Waals surface area contributed by atoms with Crippen molar-refractivity contribution >= 4 is 5.91 Å². The molecule has 1 atom stereocenters. The quantitative estimate of drug-likeness (QED) is 0.683. The monoisotopic (exact) mass is 237 g/mol. The lowest BCUT2D eigenvalue weighted by Gasteiger charge is -2.11. The van der Waals surface area contributed by atoms with E-state index in [1.807, 2.05) is 6.92 Å². The van der Waals surface area contributed by atoms with Gasteiger partial charge < -0.3 is 10.3 Å². The van der Waals surface area contributed by atoms with E-state index in [0.29, 0.717) is 6.42 Å². The fraction of sp³-hybridized carbons (Fsp3) is 0.692. The fourth-order valence-electron chi connectivity index (χ4n) is 1.79. The zero-order valence-corrected chi connectivity index (χ0v) is 10.8. The largest absolute Gasteiger partial charge is 0.347 e. The second kappa shape index (κ2) is 7.87. The summed E-state index contributed by atoms with van der Waals surface area (Å²) in [5, 5.41) is 2.94. The fourth-order valence-corrected chi connectivity index (χ4v) is 1.79. The van der Waals surface area contributed by atoms with E-state index < -0.39 is 0 Å². The molecule has 17 heavy (non-hydrogen) atoms. The molecule has 2 N–H and O–H groups in total. The molecule has 1 heterocycles. The second-order valence-electron chi connectivity index (χ2n) is 4.43. The molecule has 0 spiro atoms. The summed E-state index contributed by atoms with van der Waals surface area (Å²) in [4.78, 5) is 18.7. The highest BCUT2D eigenvalue weighted by Gasteiger charge is 2.10. The maximum Gasteiger partial charge on any atom is 0.220 e. The minimum absolute atomic E-state index is 0.0341. The van der Waals surface area contributed by atoms with Crippen molar-refractivity contribution in [1.82, 2.24) is 15.3 Å². The lowest BCUT2D eigenvalue weighted by molar-refractivity contribution is -0.121. The molecule has 0 aliphatic rings. The van der Waals surface area contributed by atoms with Gasteiger partial charge in [-0.25, -0.2) is 4.98 Å². The number of aromatic nitrogens is 2. The Labute approximate surface area is 103 Å². The van der Waals surface area contributed by atoms with Crippen LogP contribution in [0.15, 0.2) is 12.4 Å². The molecule has 4 nitrogen and oxygen atoms in total. The molecule has 0 bridgehead atoms. The van der Waals surface area contributed by atoms with Gasteiger partial charge in [0.25, 0.3) is 0 Å². The van der Waals surface area contributed by atoms with Gasteiger partial charge in [-0.05, 0) is 13.3 Å². The van der Waals surface area contributed by atoms with Crippen molar-refractivity contribution in [1.29, 1.82) is 0 Å². The number of hydrogen-bond acceptors (Lipinski definition) is 2. The molecular formula is C13H23N3O. The predicted octanol–water partition coefficient (Wildman–Crippen LogP) is 2.95. The molecule has 96 valence electrons. The topological polar surface area (TPSA) is 57.8 Å². The predicted molar refractivity (Wildman–Crippen MR) is 68.5 cm³/mol. The first-order valence-electron chi connectivity index (χ1n) is 6.52. The van der Waals surface area contributed by atoms with Crippen molar-refractivity contribution in [3.8, 4) is 0 Å². The molecule has 4 heteroatoms. The summed E-state index contributed by atoms with van der Waals surface area (Å²) in [5.74, 6) is 0.926. The van der Waals surface area contributed by atoms with Crippen molar-refractivity contribution in [3.05, 3.63) is 18.2 Å². The zero-order valence-electron chi connectivity index (χ0n) is 10.8. The molecule has 1 aromatic heterocycles. The molecular weight excluding hydrogens is 214 g/mol. The molecule has 0 saturated heterocycles. The standard InChI is InChI=1S/C13H23N3O/c1-3-4-5-6-7-8-12(17)16-11(2)13-14-9-10-15-13/h9-11H,3-8H2,1-2H3,(H,14,15)(H,16,17). The molecule has 1 rings (SSSR count). The number of unbranched alkanes of at least 4 members (excludes halogenated alkanes) is 4. The second-order valence-corrected chi connectivity index (χ2v) is 4.43. The summed E-state index contributed by atoms with van der Waals surface area (Å²) >= 11 is 0. The first-order valence-corrected chi connectivity index (χ1v) is 6.52. The minimum atomic E-state index is -0.0341. The first-order chi connectivity index (χ1) is 8.24. The van der Waals surface area contributed by atoms with Crippen LogP contribution in [0.1, 0.15) is 64.2 Å². The molecule has 1 unspecified atom stereocenters. The molecule has 0 radical (unpaired) electrons. The van der Waals surface area contributed by atoms with Crippen LogP contribution >= 0.6 is 0 Å². The Morgan fingerprint density at radius 2 is 2.18 bits per heavy atom. The van der Waals surface area contributed by atoms with E-state index >= 15 is 0 Å². The van der Waals surface area contributed by atoms with Crippen LogP contribution in [-0.4, -0.2) is 15.9 Å². The third-order valence-electron chi connectivity index (χ3n) is 2.81. The number of imidazole rings is 1. The van der Waals surface area contributed by atoms with Gasteiger partial charge in [0.1, 0.15) is 5.82 Å². The normalized spacial score (nSPS) is 12.4. The third-order valence-corrected chi connectivity index (χ3v) is 2.81. The van der Waals surface area contributed by atoms with Gasteiger partial charge in [-0.2, -0.15) is 0 Å². The van der Waals surface area contributed by atoms with E-state index in [9.17, 15) is 4.79 Å². The molecule has 1 aromatic rings. The van der Waals surface area contributed by atoms with Crippen LogP contribution in [0, 0.1) is 0 Å². The number of hydrogen-bond donors (Lipinski definition) is 2. The third kappa shape index (κ3) is 5.52. The van der Waals surface area contributed by atoms with Crippen LogP contribution in [0.5, 0.6) is 0 Å². The van der Waals surface area contributed by atoms with E-state index in [-0.39, 0.29) is 11.9 Å². The van der Waals surface area contributed by atoms with Gasteiger partial charge >= 0.3 is 0 Å². The smallest absolute Gasteiger partial charge is 0.220 e. The Morgan fingerprint density at radius 1 is 1.41 bits per heavy atom. The lowest BCUT2D eigenvalue weighted by Crippen LogP contribution is -2.27. The molecule has 0 aliphatic carbocycles. The van der Waals surface area contributed by atoms with Crippen LogP contribution in [0.3, 0.4) is 0 Å².